The quantitative estimate of drug-likeness (QED) is 0.493. The molecule has 0 aliphatic carbocycles. The molecule has 8 heteroatoms. The average Bonchev–Trinajstić information content (AvgIpc) is 2.88. The van der Waals surface area contributed by atoms with E-state index in [2.05, 4.69) is 15.6 Å². The lowest BCUT2D eigenvalue weighted by Gasteiger charge is -2.11. The lowest BCUT2D eigenvalue weighted by Crippen LogP contribution is -2.43. The highest BCUT2D eigenvalue weighted by Gasteiger charge is 2.13. The van der Waals surface area contributed by atoms with Gasteiger partial charge in [0.1, 0.15) is 0 Å². The Hall–Kier alpha value is -2.15. The summed E-state index contributed by atoms with van der Waals surface area (Å²) in [4.78, 5) is 4.29. The molecule has 2 rings (SSSR count). The van der Waals surface area contributed by atoms with Crippen molar-refractivity contribution < 1.29 is 9.47 Å². The minimum Gasteiger partial charge on any atom is -0.454 e. The molecule has 0 saturated heterocycles. The van der Waals surface area contributed by atoms with Gasteiger partial charge in [0.25, 0.3) is 0 Å². The maximum atomic E-state index is 7.25. The molecule has 7 nitrogen and oxygen atoms in total. The highest BCUT2D eigenvalue weighted by molar-refractivity contribution is 5.96. The van der Waals surface area contributed by atoms with Crippen LogP contribution in [0.5, 0.6) is 11.5 Å². The van der Waals surface area contributed by atoms with Crippen LogP contribution < -0.4 is 25.8 Å². The van der Waals surface area contributed by atoms with Gasteiger partial charge in [-0.15, -0.1) is 12.4 Å². The standard InChI is InChI=1S/C13H19N5O2.ClH/c1-2-5-16-13(18-12(14)15)17-7-9-3-4-10-11(6-9)20-8-19-10;/h3-4,6H,2,5,7-8H2,1H3,(H5,14,15,16,17,18);1H. The molecule has 0 aromatic heterocycles. The van der Waals surface area contributed by atoms with E-state index in [1.165, 1.54) is 0 Å². The van der Waals surface area contributed by atoms with E-state index in [9.17, 15) is 0 Å². The Morgan fingerprint density at radius 3 is 2.86 bits per heavy atom. The Labute approximate surface area is 129 Å². The molecule has 0 atom stereocenters. The summed E-state index contributed by atoms with van der Waals surface area (Å²) in [5.74, 6) is 1.86. The lowest BCUT2D eigenvalue weighted by atomic mass is 10.2. The molecule has 21 heavy (non-hydrogen) atoms. The Morgan fingerprint density at radius 2 is 2.14 bits per heavy atom. The predicted octanol–water partition coefficient (Wildman–Crippen LogP) is 1.18. The first-order valence-electron chi connectivity index (χ1n) is 6.47. The van der Waals surface area contributed by atoms with Crippen molar-refractivity contribution in [2.75, 3.05) is 13.3 Å². The highest BCUT2D eigenvalue weighted by atomic mass is 35.5. The molecule has 1 aliphatic heterocycles. The van der Waals surface area contributed by atoms with Gasteiger partial charge in [-0.1, -0.05) is 13.0 Å². The normalized spacial score (nSPS) is 12.5. The Balaban J connectivity index is 0.00000220. The van der Waals surface area contributed by atoms with Crippen molar-refractivity contribution in [3.8, 4) is 11.5 Å². The Morgan fingerprint density at radius 1 is 1.38 bits per heavy atom. The second-order valence-electron chi connectivity index (χ2n) is 4.31. The second kappa shape index (κ2) is 8.21. The molecule has 0 spiro atoms. The number of aliphatic imine (C=N–C) groups is 1. The SMILES string of the molecule is CCCN=C(NCc1ccc2c(c1)OCO2)NC(=N)N.Cl. The van der Waals surface area contributed by atoms with Crippen LogP contribution >= 0.6 is 12.4 Å². The zero-order valence-corrected chi connectivity index (χ0v) is 12.6. The number of nitrogens with one attached hydrogen (secondary N) is 3. The third-order valence-corrected chi connectivity index (χ3v) is 2.64. The van der Waals surface area contributed by atoms with E-state index in [0.717, 1.165) is 23.5 Å². The van der Waals surface area contributed by atoms with E-state index in [1.54, 1.807) is 0 Å². The fourth-order valence-corrected chi connectivity index (χ4v) is 1.73. The molecule has 1 aromatic carbocycles. The molecule has 0 saturated carbocycles. The number of nitrogens with two attached hydrogens (primary N) is 1. The van der Waals surface area contributed by atoms with Crippen LogP contribution in [0.4, 0.5) is 0 Å². The molecule has 116 valence electrons. The Kier molecular flexibility index (Phi) is 6.61. The van der Waals surface area contributed by atoms with Crippen LogP contribution in [-0.2, 0) is 6.54 Å². The van der Waals surface area contributed by atoms with E-state index in [1.807, 2.05) is 25.1 Å². The summed E-state index contributed by atoms with van der Waals surface area (Å²) in [7, 11) is 0. The van der Waals surface area contributed by atoms with Crippen LogP contribution in [0.1, 0.15) is 18.9 Å². The zero-order valence-electron chi connectivity index (χ0n) is 11.8. The molecule has 0 amide bonds. The number of hydrogen-bond donors (Lipinski definition) is 4. The zero-order chi connectivity index (χ0) is 14.4. The summed E-state index contributed by atoms with van der Waals surface area (Å²) in [6, 6.07) is 5.74. The number of halogens is 1. The van der Waals surface area contributed by atoms with Crippen LogP contribution in [0.3, 0.4) is 0 Å². The van der Waals surface area contributed by atoms with Crippen LogP contribution in [0, 0.1) is 5.41 Å². The first-order chi connectivity index (χ1) is 9.69. The van der Waals surface area contributed by atoms with Crippen molar-refractivity contribution in [3.63, 3.8) is 0 Å². The van der Waals surface area contributed by atoms with Gasteiger partial charge in [-0.05, 0) is 24.1 Å². The number of guanidine groups is 2. The third kappa shape index (κ3) is 5.03. The van der Waals surface area contributed by atoms with Crippen molar-refractivity contribution in [2.45, 2.75) is 19.9 Å². The largest absolute Gasteiger partial charge is 0.454 e. The van der Waals surface area contributed by atoms with Crippen molar-refractivity contribution in [2.24, 2.45) is 10.7 Å². The average molecular weight is 314 g/mol. The van der Waals surface area contributed by atoms with Gasteiger partial charge in [-0.2, -0.15) is 0 Å². The van der Waals surface area contributed by atoms with E-state index >= 15 is 0 Å². The number of rotatable bonds is 4. The molecule has 1 heterocycles. The fourth-order valence-electron chi connectivity index (χ4n) is 1.73. The maximum absolute atomic E-state index is 7.25. The molecule has 5 N–H and O–H groups in total. The first-order valence-corrected chi connectivity index (χ1v) is 6.47. The number of benzene rings is 1. The Bertz CT molecular complexity index is 521. The second-order valence-corrected chi connectivity index (χ2v) is 4.31. The van der Waals surface area contributed by atoms with Crippen LogP contribution in [0.15, 0.2) is 23.2 Å². The van der Waals surface area contributed by atoms with Gasteiger partial charge in [-0.25, -0.2) is 0 Å². The first kappa shape index (κ1) is 16.9. The summed E-state index contributed by atoms with van der Waals surface area (Å²) in [5, 5.41) is 13.0. The molecular formula is C13H20ClN5O2. The molecule has 0 fully saturated rings. The fraction of sp³-hybridized carbons (Fsp3) is 0.385. The molecule has 1 aliphatic rings. The molecular weight excluding hydrogens is 294 g/mol. The monoisotopic (exact) mass is 313 g/mol. The van der Waals surface area contributed by atoms with E-state index in [4.69, 9.17) is 20.6 Å². The van der Waals surface area contributed by atoms with Crippen molar-refractivity contribution >= 4 is 24.3 Å². The minimum atomic E-state index is -0.141. The van der Waals surface area contributed by atoms with Crippen molar-refractivity contribution in [1.82, 2.24) is 10.6 Å². The summed E-state index contributed by atoms with van der Waals surface area (Å²) >= 11 is 0. The van der Waals surface area contributed by atoms with Crippen molar-refractivity contribution in [1.29, 1.82) is 5.41 Å². The third-order valence-electron chi connectivity index (χ3n) is 2.64. The number of nitrogens with zero attached hydrogens (tertiary/aromatic N) is 1. The molecule has 0 radical (unpaired) electrons. The maximum Gasteiger partial charge on any atom is 0.231 e. The highest BCUT2D eigenvalue weighted by Crippen LogP contribution is 2.32. The van der Waals surface area contributed by atoms with Gasteiger partial charge >= 0.3 is 0 Å². The van der Waals surface area contributed by atoms with Crippen LogP contribution in [-0.4, -0.2) is 25.3 Å². The van der Waals surface area contributed by atoms with Gasteiger partial charge in [0.15, 0.2) is 23.4 Å². The lowest BCUT2D eigenvalue weighted by molar-refractivity contribution is 0.174. The van der Waals surface area contributed by atoms with E-state index in [-0.39, 0.29) is 25.2 Å². The van der Waals surface area contributed by atoms with Crippen molar-refractivity contribution in [3.05, 3.63) is 23.8 Å². The van der Waals surface area contributed by atoms with Gasteiger partial charge in [-0.3, -0.25) is 15.7 Å². The summed E-state index contributed by atoms with van der Waals surface area (Å²) in [6.07, 6.45) is 0.925. The molecule has 0 bridgehead atoms. The van der Waals surface area contributed by atoms with Crippen LogP contribution in [0.25, 0.3) is 0 Å². The van der Waals surface area contributed by atoms with Crippen LogP contribution in [0.2, 0.25) is 0 Å². The van der Waals surface area contributed by atoms with Gasteiger partial charge in [0.2, 0.25) is 6.79 Å². The van der Waals surface area contributed by atoms with Gasteiger partial charge in [0.05, 0.1) is 0 Å². The number of hydrogen-bond acceptors (Lipinski definition) is 4. The summed E-state index contributed by atoms with van der Waals surface area (Å²) in [5.41, 5.74) is 6.35. The summed E-state index contributed by atoms with van der Waals surface area (Å²) in [6.45, 7) is 3.53. The molecule has 0 unspecified atom stereocenters. The molecule has 1 aromatic rings. The minimum absolute atomic E-state index is 0. The van der Waals surface area contributed by atoms with E-state index in [0.29, 0.717) is 19.0 Å². The summed E-state index contributed by atoms with van der Waals surface area (Å²) < 4.78 is 10.6. The van der Waals surface area contributed by atoms with E-state index < -0.39 is 0 Å². The number of ether oxygens (including phenoxy) is 2. The van der Waals surface area contributed by atoms with Gasteiger partial charge < -0.3 is 20.5 Å². The smallest absolute Gasteiger partial charge is 0.231 e. The topological polar surface area (TPSA) is 105 Å². The predicted molar refractivity (Wildman–Crippen MR) is 84.3 cm³/mol. The van der Waals surface area contributed by atoms with Gasteiger partial charge in [0, 0.05) is 13.1 Å². The number of fused-ring (bicyclic) bond motifs is 1.